The van der Waals surface area contributed by atoms with Crippen molar-refractivity contribution in [2.75, 3.05) is 18.6 Å². The number of hydrogen-bond donors (Lipinski definition) is 0. The number of carbonyl (C=O) groups excluding carboxylic acids is 1. The molecule has 0 amide bonds. The number of methoxy groups -OCH3 is 1. The first-order valence-electron chi connectivity index (χ1n) is 5.27. The fraction of sp³-hybridized carbons (Fsp3) is 0.909. The number of hydrogen-bond acceptors (Lipinski definition) is 3. The van der Waals surface area contributed by atoms with Gasteiger partial charge in [-0.05, 0) is 11.7 Å². The topological polar surface area (TPSA) is 26.3 Å². The van der Waals surface area contributed by atoms with Crippen LogP contribution in [0.1, 0.15) is 33.6 Å². The summed E-state index contributed by atoms with van der Waals surface area (Å²) >= 11 is 1.85. The van der Waals surface area contributed by atoms with E-state index in [0.29, 0.717) is 0 Å². The quantitative estimate of drug-likeness (QED) is 0.615. The highest BCUT2D eigenvalue weighted by molar-refractivity contribution is 7.99. The van der Waals surface area contributed by atoms with E-state index < -0.39 is 0 Å². The second kappa shape index (κ2) is 8.16. The predicted octanol–water partition coefficient (Wildman–Crippen LogP) is 2.96. The SMILES string of the molecule is CCCC(C)CSCC(C)C(=O)OC. The Morgan fingerprint density at radius 2 is 2.00 bits per heavy atom. The normalized spacial score (nSPS) is 14.9. The average Bonchev–Trinajstić information content (AvgIpc) is 2.16. The fourth-order valence-corrected chi connectivity index (χ4v) is 2.49. The maximum Gasteiger partial charge on any atom is 0.309 e. The molecule has 0 aromatic rings. The van der Waals surface area contributed by atoms with Crippen LogP contribution in [-0.4, -0.2) is 24.6 Å². The van der Waals surface area contributed by atoms with Gasteiger partial charge < -0.3 is 4.74 Å². The summed E-state index contributed by atoms with van der Waals surface area (Å²) in [5.74, 6) is 2.71. The van der Waals surface area contributed by atoms with Crippen LogP contribution in [0.4, 0.5) is 0 Å². The monoisotopic (exact) mass is 218 g/mol. The number of esters is 1. The molecule has 0 heterocycles. The van der Waals surface area contributed by atoms with Crippen LogP contribution < -0.4 is 0 Å². The lowest BCUT2D eigenvalue weighted by Crippen LogP contribution is -2.15. The lowest BCUT2D eigenvalue weighted by atomic mass is 10.1. The summed E-state index contributed by atoms with van der Waals surface area (Å²) in [4.78, 5) is 11.1. The summed E-state index contributed by atoms with van der Waals surface area (Å²) in [5, 5.41) is 0. The Kier molecular flexibility index (Phi) is 8.05. The van der Waals surface area contributed by atoms with Gasteiger partial charge in [-0.2, -0.15) is 11.8 Å². The molecule has 0 spiro atoms. The van der Waals surface area contributed by atoms with Crippen LogP contribution in [0.25, 0.3) is 0 Å². The van der Waals surface area contributed by atoms with Crippen LogP contribution >= 0.6 is 11.8 Å². The summed E-state index contributed by atoms with van der Waals surface area (Å²) in [6, 6.07) is 0. The van der Waals surface area contributed by atoms with Gasteiger partial charge in [-0.3, -0.25) is 4.79 Å². The van der Waals surface area contributed by atoms with Gasteiger partial charge >= 0.3 is 5.97 Å². The first-order valence-corrected chi connectivity index (χ1v) is 6.42. The van der Waals surface area contributed by atoms with E-state index >= 15 is 0 Å². The molecule has 0 bridgehead atoms. The Labute approximate surface area is 91.8 Å². The zero-order chi connectivity index (χ0) is 11.0. The molecule has 2 unspecified atom stereocenters. The van der Waals surface area contributed by atoms with E-state index in [1.165, 1.54) is 20.0 Å². The molecule has 0 aromatic carbocycles. The Hall–Kier alpha value is -0.180. The van der Waals surface area contributed by atoms with E-state index in [1.807, 2.05) is 18.7 Å². The minimum atomic E-state index is -0.0966. The third-order valence-corrected chi connectivity index (χ3v) is 3.70. The van der Waals surface area contributed by atoms with Crippen LogP contribution in [0.5, 0.6) is 0 Å². The molecule has 0 N–H and O–H groups in total. The maximum atomic E-state index is 11.1. The van der Waals surface area contributed by atoms with Crippen molar-refractivity contribution in [2.24, 2.45) is 11.8 Å². The molecule has 3 heteroatoms. The molecule has 0 saturated heterocycles. The molecule has 0 rings (SSSR count). The van der Waals surface area contributed by atoms with Crippen molar-refractivity contribution < 1.29 is 9.53 Å². The number of carbonyl (C=O) groups is 1. The molecular weight excluding hydrogens is 196 g/mol. The zero-order valence-corrected chi connectivity index (χ0v) is 10.5. The van der Waals surface area contributed by atoms with Crippen molar-refractivity contribution in [1.29, 1.82) is 0 Å². The summed E-state index contributed by atoms with van der Waals surface area (Å²) in [6.07, 6.45) is 2.52. The van der Waals surface area contributed by atoms with Crippen LogP contribution in [-0.2, 0) is 9.53 Å². The Bertz CT molecular complexity index is 159. The highest BCUT2D eigenvalue weighted by Gasteiger charge is 2.13. The predicted molar refractivity (Wildman–Crippen MR) is 62.6 cm³/mol. The molecule has 0 aliphatic rings. The van der Waals surface area contributed by atoms with Crippen molar-refractivity contribution in [3.63, 3.8) is 0 Å². The van der Waals surface area contributed by atoms with E-state index in [0.717, 1.165) is 17.4 Å². The largest absolute Gasteiger partial charge is 0.469 e. The van der Waals surface area contributed by atoms with E-state index in [1.54, 1.807) is 0 Å². The van der Waals surface area contributed by atoms with Gasteiger partial charge in [0, 0.05) is 5.75 Å². The number of ether oxygens (including phenoxy) is 1. The molecule has 0 aliphatic carbocycles. The van der Waals surface area contributed by atoms with Gasteiger partial charge in [-0.1, -0.05) is 33.6 Å². The lowest BCUT2D eigenvalue weighted by Gasteiger charge is -2.11. The fourth-order valence-electron chi connectivity index (χ4n) is 1.29. The third kappa shape index (κ3) is 6.30. The van der Waals surface area contributed by atoms with Crippen LogP contribution in [0, 0.1) is 11.8 Å². The zero-order valence-electron chi connectivity index (χ0n) is 9.71. The van der Waals surface area contributed by atoms with Crippen molar-refractivity contribution >= 4 is 17.7 Å². The minimum absolute atomic E-state index is 0.0267. The summed E-state index contributed by atoms with van der Waals surface area (Å²) in [6.45, 7) is 6.39. The van der Waals surface area contributed by atoms with E-state index in [-0.39, 0.29) is 11.9 Å². The number of thioether (sulfide) groups is 1. The number of rotatable bonds is 7. The van der Waals surface area contributed by atoms with E-state index in [2.05, 4.69) is 18.6 Å². The lowest BCUT2D eigenvalue weighted by molar-refractivity contribution is -0.143. The first-order chi connectivity index (χ1) is 6.61. The smallest absolute Gasteiger partial charge is 0.309 e. The molecule has 84 valence electrons. The minimum Gasteiger partial charge on any atom is -0.469 e. The van der Waals surface area contributed by atoms with Crippen molar-refractivity contribution in [2.45, 2.75) is 33.6 Å². The molecule has 14 heavy (non-hydrogen) atoms. The Balaban J connectivity index is 3.48. The summed E-state index contributed by atoms with van der Waals surface area (Å²) < 4.78 is 4.66. The highest BCUT2D eigenvalue weighted by Crippen LogP contribution is 2.16. The van der Waals surface area contributed by atoms with Crippen molar-refractivity contribution in [3.8, 4) is 0 Å². The molecule has 2 atom stereocenters. The second-order valence-corrected chi connectivity index (χ2v) is 4.93. The van der Waals surface area contributed by atoms with Crippen LogP contribution in [0.3, 0.4) is 0 Å². The molecule has 0 fully saturated rings. The maximum absolute atomic E-state index is 11.1. The molecule has 0 saturated carbocycles. The van der Waals surface area contributed by atoms with Gasteiger partial charge in [-0.25, -0.2) is 0 Å². The van der Waals surface area contributed by atoms with Crippen LogP contribution in [0.2, 0.25) is 0 Å². The molecule has 0 aromatic heterocycles. The molecular formula is C11H22O2S. The molecule has 2 nitrogen and oxygen atoms in total. The first kappa shape index (κ1) is 13.8. The van der Waals surface area contributed by atoms with E-state index in [9.17, 15) is 4.79 Å². The summed E-state index contributed by atoms with van der Waals surface area (Å²) in [7, 11) is 1.45. The van der Waals surface area contributed by atoms with Crippen molar-refractivity contribution in [3.05, 3.63) is 0 Å². The molecule has 0 aliphatic heterocycles. The highest BCUT2D eigenvalue weighted by atomic mass is 32.2. The Morgan fingerprint density at radius 3 is 2.50 bits per heavy atom. The van der Waals surface area contributed by atoms with Crippen molar-refractivity contribution in [1.82, 2.24) is 0 Å². The van der Waals surface area contributed by atoms with Gasteiger partial charge in [0.2, 0.25) is 0 Å². The van der Waals surface area contributed by atoms with Gasteiger partial charge in [0.15, 0.2) is 0 Å². The van der Waals surface area contributed by atoms with Gasteiger partial charge in [-0.15, -0.1) is 0 Å². The van der Waals surface area contributed by atoms with E-state index in [4.69, 9.17) is 0 Å². The second-order valence-electron chi connectivity index (χ2n) is 3.86. The van der Waals surface area contributed by atoms with Gasteiger partial charge in [0.05, 0.1) is 13.0 Å². The van der Waals surface area contributed by atoms with Gasteiger partial charge in [0.1, 0.15) is 0 Å². The van der Waals surface area contributed by atoms with Crippen LogP contribution in [0.15, 0.2) is 0 Å². The summed E-state index contributed by atoms with van der Waals surface area (Å²) in [5.41, 5.74) is 0. The Morgan fingerprint density at radius 1 is 1.36 bits per heavy atom. The van der Waals surface area contributed by atoms with Gasteiger partial charge in [0.25, 0.3) is 0 Å². The third-order valence-electron chi connectivity index (χ3n) is 2.16. The average molecular weight is 218 g/mol. The molecule has 0 radical (unpaired) electrons. The standard InChI is InChI=1S/C11H22O2S/c1-5-6-9(2)7-14-8-10(3)11(12)13-4/h9-10H,5-8H2,1-4H3.